The van der Waals surface area contributed by atoms with E-state index < -0.39 is 11.3 Å². The van der Waals surface area contributed by atoms with E-state index in [4.69, 9.17) is 15.2 Å². The molecule has 0 unspecified atom stereocenters. The highest BCUT2D eigenvalue weighted by Gasteiger charge is 2.45. The van der Waals surface area contributed by atoms with Crippen molar-refractivity contribution >= 4 is 6.09 Å². The second kappa shape index (κ2) is 4.82. The number of hydrogen-bond acceptors (Lipinski definition) is 4. The summed E-state index contributed by atoms with van der Waals surface area (Å²) < 4.78 is 11.0. The molecule has 5 nitrogen and oxygen atoms in total. The van der Waals surface area contributed by atoms with Crippen LogP contribution in [-0.2, 0) is 9.47 Å². The minimum Gasteiger partial charge on any atom is -0.444 e. The van der Waals surface area contributed by atoms with Gasteiger partial charge in [-0.1, -0.05) is 0 Å². The molecule has 0 aromatic carbocycles. The van der Waals surface area contributed by atoms with Gasteiger partial charge in [0, 0.05) is 0 Å². The van der Waals surface area contributed by atoms with Crippen LogP contribution in [-0.4, -0.2) is 41.5 Å². The summed E-state index contributed by atoms with van der Waals surface area (Å²) in [6.07, 6.45) is 0.390. The van der Waals surface area contributed by atoms with Crippen molar-refractivity contribution < 1.29 is 14.3 Å². The van der Waals surface area contributed by atoms with Gasteiger partial charge in [-0.2, -0.15) is 0 Å². The molecule has 1 fully saturated rings. The van der Waals surface area contributed by atoms with Gasteiger partial charge in [-0.25, -0.2) is 4.79 Å². The van der Waals surface area contributed by atoms with Gasteiger partial charge >= 0.3 is 6.09 Å². The molecule has 1 aliphatic heterocycles. The smallest absolute Gasteiger partial charge is 0.412 e. The van der Waals surface area contributed by atoms with Crippen molar-refractivity contribution in [2.45, 2.75) is 58.4 Å². The number of ether oxygens (including phenoxy) is 2. The standard InChI is InChI=1S/C12H24N2O3/c1-11(2,3)17-10(15)14-9(6-7-13)8-16-12(14,4)5/h9H,6-8,13H2,1-5H3/t9-/m0/s1. The van der Waals surface area contributed by atoms with Gasteiger partial charge in [0.25, 0.3) is 0 Å². The maximum atomic E-state index is 12.1. The third kappa shape index (κ3) is 3.57. The van der Waals surface area contributed by atoms with E-state index in [9.17, 15) is 4.79 Å². The van der Waals surface area contributed by atoms with Gasteiger partial charge in [0.1, 0.15) is 11.3 Å². The fraction of sp³-hybridized carbons (Fsp3) is 0.917. The Hall–Kier alpha value is -0.810. The first-order chi connectivity index (χ1) is 7.67. The van der Waals surface area contributed by atoms with E-state index in [2.05, 4.69) is 0 Å². The van der Waals surface area contributed by atoms with E-state index in [1.165, 1.54) is 0 Å². The number of carbonyl (C=O) groups excluding carboxylic acids is 1. The van der Waals surface area contributed by atoms with E-state index in [1.54, 1.807) is 4.90 Å². The molecule has 1 aliphatic rings. The Balaban J connectivity index is 2.79. The van der Waals surface area contributed by atoms with Gasteiger partial charge in [0.2, 0.25) is 0 Å². The van der Waals surface area contributed by atoms with Crippen molar-refractivity contribution in [1.82, 2.24) is 4.90 Å². The Kier molecular flexibility index (Phi) is 4.04. The Labute approximate surface area is 103 Å². The van der Waals surface area contributed by atoms with E-state index >= 15 is 0 Å². The van der Waals surface area contributed by atoms with Crippen LogP contribution < -0.4 is 5.73 Å². The van der Waals surface area contributed by atoms with E-state index in [1.807, 2.05) is 34.6 Å². The summed E-state index contributed by atoms with van der Waals surface area (Å²) in [6.45, 7) is 10.3. The van der Waals surface area contributed by atoms with E-state index in [-0.39, 0.29) is 12.1 Å². The average molecular weight is 244 g/mol. The van der Waals surface area contributed by atoms with Crippen LogP contribution in [0.2, 0.25) is 0 Å². The van der Waals surface area contributed by atoms with Crippen LogP contribution in [0.1, 0.15) is 41.0 Å². The minimum atomic E-state index is -0.623. The Morgan fingerprint density at radius 2 is 2.12 bits per heavy atom. The Bertz CT molecular complexity index is 284. The van der Waals surface area contributed by atoms with Gasteiger partial charge < -0.3 is 15.2 Å². The predicted molar refractivity (Wildman–Crippen MR) is 65.6 cm³/mol. The van der Waals surface area contributed by atoms with Gasteiger partial charge in [-0.15, -0.1) is 0 Å². The lowest BCUT2D eigenvalue weighted by atomic mass is 10.1. The van der Waals surface area contributed by atoms with Crippen molar-refractivity contribution in [3.05, 3.63) is 0 Å². The molecule has 0 bridgehead atoms. The molecule has 100 valence electrons. The SMILES string of the molecule is CC(C)(C)OC(=O)N1[C@@H](CCN)COC1(C)C. The molecular weight excluding hydrogens is 220 g/mol. The second-order valence-electron chi connectivity index (χ2n) is 5.84. The van der Waals surface area contributed by atoms with Crippen LogP contribution in [0, 0.1) is 0 Å². The van der Waals surface area contributed by atoms with Crippen molar-refractivity contribution in [2.24, 2.45) is 5.73 Å². The lowest BCUT2D eigenvalue weighted by Gasteiger charge is -2.35. The van der Waals surface area contributed by atoms with Crippen molar-refractivity contribution in [1.29, 1.82) is 0 Å². The molecule has 2 N–H and O–H groups in total. The first-order valence-corrected chi connectivity index (χ1v) is 6.04. The lowest BCUT2D eigenvalue weighted by molar-refractivity contribution is -0.0625. The monoisotopic (exact) mass is 244 g/mol. The zero-order chi connectivity index (χ0) is 13.3. The van der Waals surface area contributed by atoms with E-state index in [0.29, 0.717) is 13.2 Å². The third-order valence-electron chi connectivity index (χ3n) is 2.66. The first-order valence-electron chi connectivity index (χ1n) is 6.04. The van der Waals surface area contributed by atoms with Crippen molar-refractivity contribution in [3.63, 3.8) is 0 Å². The molecular formula is C12H24N2O3. The molecule has 5 heteroatoms. The lowest BCUT2D eigenvalue weighted by Crippen LogP contribution is -2.50. The van der Waals surface area contributed by atoms with Gasteiger partial charge in [0.05, 0.1) is 12.6 Å². The molecule has 0 aromatic heterocycles. The second-order valence-corrected chi connectivity index (χ2v) is 5.84. The zero-order valence-electron chi connectivity index (χ0n) is 11.4. The highest BCUT2D eigenvalue weighted by Crippen LogP contribution is 2.30. The quantitative estimate of drug-likeness (QED) is 0.803. The maximum absolute atomic E-state index is 12.1. The molecule has 1 amide bonds. The number of nitrogens with zero attached hydrogens (tertiary/aromatic N) is 1. The summed E-state index contributed by atoms with van der Waals surface area (Å²) in [7, 11) is 0. The number of hydrogen-bond donors (Lipinski definition) is 1. The van der Waals surface area contributed by atoms with Crippen LogP contribution in [0.25, 0.3) is 0 Å². The molecule has 0 aliphatic carbocycles. The molecule has 0 saturated carbocycles. The summed E-state index contributed by atoms with van der Waals surface area (Å²) in [6, 6.07) is 0.00449. The highest BCUT2D eigenvalue weighted by molar-refractivity contribution is 5.69. The molecule has 1 heterocycles. The Morgan fingerprint density at radius 3 is 2.59 bits per heavy atom. The van der Waals surface area contributed by atoms with Gasteiger partial charge in [0.15, 0.2) is 0 Å². The number of amides is 1. The average Bonchev–Trinajstić information content (AvgIpc) is 2.39. The van der Waals surface area contributed by atoms with Crippen molar-refractivity contribution in [3.8, 4) is 0 Å². The molecule has 1 atom stereocenters. The molecule has 1 rings (SSSR count). The third-order valence-corrected chi connectivity index (χ3v) is 2.66. The molecule has 1 saturated heterocycles. The summed E-state index contributed by atoms with van der Waals surface area (Å²) in [5, 5.41) is 0. The molecule has 0 spiro atoms. The summed E-state index contributed by atoms with van der Waals surface area (Å²) >= 11 is 0. The Morgan fingerprint density at radius 1 is 1.53 bits per heavy atom. The minimum absolute atomic E-state index is 0.00449. The first kappa shape index (κ1) is 14.3. The van der Waals surface area contributed by atoms with Gasteiger partial charge in [-0.3, -0.25) is 4.90 Å². The fourth-order valence-corrected chi connectivity index (χ4v) is 1.97. The van der Waals surface area contributed by atoms with Gasteiger partial charge in [-0.05, 0) is 47.6 Å². The molecule has 0 radical (unpaired) electrons. The number of carbonyl (C=O) groups is 1. The topological polar surface area (TPSA) is 64.8 Å². The van der Waals surface area contributed by atoms with Crippen LogP contribution in [0.5, 0.6) is 0 Å². The zero-order valence-corrected chi connectivity index (χ0v) is 11.4. The normalized spacial score (nSPS) is 23.9. The fourth-order valence-electron chi connectivity index (χ4n) is 1.97. The molecule has 0 aromatic rings. The maximum Gasteiger partial charge on any atom is 0.412 e. The molecule has 17 heavy (non-hydrogen) atoms. The van der Waals surface area contributed by atoms with E-state index in [0.717, 1.165) is 6.42 Å². The van der Waals surface area contributed by atoms with Crippen LogP contribution in [0.4, 0.5) is 4.79 Å². The summed E-state index contributed by atoms with van der Waals surface area (Å²) in [5.41, 5.74) is 4.43. The van der Waals surface area contributed by atoms with Crippen LogP contribution in [0.3, 0.4) is 0 Å². The number of rotatable bonds is 2. The summed E-state index contributed by atoms with van der Waals surface area (Å²) in [4.78, 5) is 13.8. The predicted octanol–water partition coefficient (Wildman–Crippen LogP) is 1.71. The number of nitrogens with two attached hydrogens (primary N) is 1. The highest BCUT2D eigenvalue weighted by atomic mass is 16.6. The largest absolute Gasteiger partial charge is 0.444 e. The van der Waals surface area contributed by atoms with Crippen molar-refractivity contribution in [2.75, 3.05) is 13.2 Å². The van der Waals surface area contributed by atoms with Crippen LogP contribution in [0.15, 0.2) is 0 Å². The van der Waals surface area contributed by atoms with Crippen LogP contribution >= 0.6 is 0 Å². The summed E-state index contributed by atoms with van der Waals surface area (Å²) in [5.74, 6) is 0.